The van der Waals surface area contributed by atoms with Gasteiger partial charge in [0.1, 0.15) is 0 Å². The molecule has 0 amide bonds. The largest absolute Gasteiger partial charge is 0.466 e. The smallest absolute Gasteiger partial charge is 0.330 e. The van der Waals surface area contributed by atoms with Crippen LogP contribution in [0.25, 0.3) is 16.5 Å². The molecule has 0 aliphatic carbocycles. The molecule has 0 fully saturated rings. The minimum Gasteiger partial charge on any atom is -0.466 e. The first-order chi connectivity index (χ1) is 8.60. The molecular weight excluding hydrogens is 294 g/mol. The van der Waals surface area contributed by atoms with E-state index >= 15 is 0 Å². The second kappa shape index (κ2) is 5.31. The number of pyridine rings is 1. The molecule has 1 aromatic heterocycles. The Morgan fingerprint density at radius 2 is 2.17 bits per heavy atom. The summed E-state index contributed by atoms with van der Waals surface area (Å²) < 4.78 is 5.61. The van der Waals surface area contributed by atoms with Crippen molar-refractivity contribution in [1.29, 1.82) is 0 Å². The molecule has 0 bridgehead atoms. The van der Waals surface area contributed by atoms with Gasteiger partial charge in [-0.1, -0.05) is 15.9 Å². The van der Waals surface area contributed by atoms with Crippen LogP contribution in [-0.4, -0.2) is 18.1 Å². The summed E-state index contributed by atoms with van der Waals surface area (Å²) in [5, 5.41) is 1.03. The summed E-state index contributed by atoms with van der Waals surface area (Å²) in [5.74, 6) is -0.359. The minimum atomic E-state index is -0.359. The van der Waals surface area contributed by atoms with Crippen LogP contribution >= 0.6 is 15.9 Å². The predicted molar refractivity (Wildman–Crippen MR) is 75.1 cm³/mol. The van der Waals surface area contributed by atoms with Gasteiger partial charge in [-0.3, -0.25) is 4.98 Å². The van der Waals surface area contributed by atoms with Gasteiger partial charge in [-0.05, 0) is 42.3 Å². The number of carbonyl (C=O) groups excluding carboxylic acids is 1. The maximum absolute atomic E-state index is 11.2. The van der Waals surface area contributed by atoms with E-state index in [1.54, 1.807) is 6.20 Å². The second-order valence-corrected chi connectivity index (χ2v) is 4.83. The third kappa shape index (κ3) is 2.76. The van der Waals surface area contributed by atoms with Crippen molar-refractivity contribution < 1.29 is 9.53 Å². The highest BCUT2D eigenvalue weighted by Crippen LogP contribution is 2.22. The number of allylic oxidation sites excluding steroid dienone is 1. The van der Waals surface area contributed by atoms with E-state index in [4.69, 9.17) is 0 Å². The van der Waals surface area contributed by atoms with Gasteiger partial charge in [0, 0.05) is 22.1 Å². The quantitative estimate of drug-likeness (QED) is 0.629. The van der Waals surface area contributed by atoms with E-state index in [0.717, 1.165) is 26.5 Å². The minimum absolute atomic E-state index is 0.359. The highest BCUT2D eigenvalue weighted by molar-refractivity contribution is 9.10. The molecule has 0 saturated carbocycles. The van der Waals surface area contributed by atoms with Gasteiger partial charge < -0.3 is 4.74 Å². The van der Waals surface area contributed by atoms with Crippen LogP contribution in [0.5, 0.6) is 0 Å². The molecule has 92 valence electrons. The average molecular weight is 306 g/mol. The van der Waals surface area contributed by atoms with Crippen LogP contribution in [0, 0.1) is 0 Å². The van der Waals surface area contributed by atoms with Crippen LogP contribution in [0.4, 0.5) is 0 Å². The standard InChI is InChI=1S/C14H12BrNO2/c1-9(5-14(17)18-2)11-6-10-7-12(15)3-4-13(10)16-8-11/h3-8H,1-2H3/b9-5-. The molecular formula is C14H12BrNO2. The number of carbonyl (C=O) groups is 1. The van der Waals surface area contributed by atoms with Gasteiger partial charge in [0.15, 0.2) is 0 Å². The van der Waals surface area contributed by atoms with E-state index in [2.05, 4.69) is 25.7 Å². The van der Waals surface area contributed by atoms with Crippen LogP contribution in [0.15, 0.2) is 41.0 Å². The first kappa shape index (κ1) is 12.8. The molecule has 0 N–H and O–H groups in total. The second-order valence-electron chi connectivity index (χ2n) is 3.91. The SMILES string of the molecule is COC(=O)/C=C(/C)c1cnc2ccc(Br)cc2c1. The van der Waals surface area contributed by atoms with Gasteiger partial charge in [-0.25, -0.2) is 4.79 Å². The normalized spacial score (nSPS) is 11.6. The number of esters is 1. The third-order valence-electron chi connectivity index (χ3n) is 2.63. The Morgan fingerprint density at radius 3 is 2.89 bits per heavy atom. The summed E-state index contributed by atoms with van der Waals surface area (Å²) in [4.78, 5) is 15.5. The molecule has 1 heterocycles. The molecule has 18 heavy (non-hydrogen) atoms. The Labute approximate surface area is 114 Å². The van der Waals surface area contributed by atoms with Gasteiger partial charge >= 0.3 is 5.97 Å². The number of fused-ring (bicyclic) bond motifs is 1. The first-order valence-corrected chi connectivity index (χ1v) is 6.21. The van der Waals surface area contributed by atoms with Gasteiger partial charge in [0.25, 0.3) is 0 Å². The van der Waals surface area contributed by atoms with E-state index in [1.165, 1.54) is 13.2 Å². The summed E-state index contributed by atoms with van der Waals surface area (Å²) in [5.41, 5.74) is 2.66. The van der Waals surface area contributed by atoms with Crippen molar-refractivity contribution in [3.05, 3.63) is 46.6 Å². The summed E-state index contributed by atoms with van der Waals surface area (Å²) in [7, 11) is 1.36. The molecule has 0 unspecified atom stereocenters. The predicted octanol–water partition coefficient (Wildman–Crippen LogP) is 3.57. The lowest BCUT2D eigenvalue weighted by atomic mass is 10.1. The monoisotopic (exact) mass is 305 g/mol. The number of halogens is 1. The molecule has 0 atom stereocenters. The summed E-state index contributed by atoms with van der Waals surface area (Å²) in [6, 6.07) is 7.90. The van der Waals surface area contributed by atoms with Crippen LogP contribution < -0.4 is 0 Å². The van der Waals surface area contributed by atoms with Gasteiger partial charge in [-0.2, -0.15) is 0 Å². The van der Waals surface area contributed by atoms with Gasteiger partial charge in [-0.15, -0.1) is 0 Å². The molecule has 0 spiro atoms. The Kier molecular flexibility index (Phi) is 3.77. The number of ether oxygens (including phenoxy) is 1. The number of aromatic nitrogens is 1. The highest BCUT2D eigenvalue weighted by Gasteiger charge is 2.03. The maximum atomic E-state index is 11.2. The van der Waals surface area contributed by atoms with E-state index in [-0.39, 0.29) is 5.97 Å². The maximum Gasteiger partial charge on any atom is 0.330 e. The number of hydrogen-bond acceptors (Lipinski definition) is 3. The zero-order valence-corrected chi connectivity index (χ0v) is 11.7. The lowest BCUT2D eigenvalue weighted by molar-refractivity contribution is -0.134. The fourth-order valence-corrected chi connectivity index (χ4v) is 2.02. The molecule has 1 aromatic carbocycles. The Hall–Kier alpha value is -1.68. The number of rotatable bonds is 2. The van der Waals surface area contributed by atoms with Crippen molar-refractivity contribution in [1.82, 2.24) is 4.98 Å². The summed E-state index contributed by atoms with van der Waals surface area (Å²) in [6.07, 6.45) is 3.21. The lowest BCUT2D eigenvalue weighted by Gasteiger charge is -2.04. The summed E-state index contributed by atoms with van der Waals surface area (Å²) in [6.45, 7) is 1.86. The van der Waals surface area contributed by atoms with Crippen molar-refractivity contribution in [2.24, 2.45) is 0 Å². The molecule has 2 rings (SSSR count). The van der Waals surface area contributed by atoms with Crippen LogP contribution in [-0.2, 0) is 9.53 Å². The topological polar surface area (TPSA) is 39.2 Å². The molecule has 0 radical (unpaired) electrons. The van der Waals surface area contributed by atoms with Crippen LogP contribution in [0.1, 0.15) is 12.5 Å². The Bertz CT molecular complexity index is 635. The van der Waals surface area contributed by atoms with E-state index in [1.807, 2.05) is 31.2 Å². The van der Waals surface area contributed by atoms with E-state index in [0.29, 0.717) is 0 Å². The number of nitrogens with zero attached hydrogens (tertiary/aromatic N) is 1. The Morgan fingerprint density at radius 1 is 1.39 bits per heavy atom. The van der Waals surface area contributed by atoms with Crippen molar-refractivity contribution in [2.45, 2.75) is 6.92 Å². The fraction of sp³-hybridized carbons (Fsp3) is 0.143. The van der Waals surface area contributed by atoms with E-state index < -0.39 is 0 Å². The Balaban J connectivity index is 2.46. The van der Waals surface area contributed by atoms with Gasteiger partial charge in [0.2, 0.25) is 0 Å². The number of hydrogen-bond donors (Lipinski definition) is 0. The average Bonchev–Trinajstić information content (AvgIpc) is 2.37. The zero-order valence-electron chi connectivity index (χ0n) is 10.1. The van der Waals surface area contributed by atoms with Crippen molar-refractivity contribution in [3.8, 4) is 0 Å². The van der Waals surface area contributed by atoms with E-state index in [9.17, 15) is 4.79 Å². The van der Waals surface area contributed by atoms with Crippen molar-refractivity contribution in [3.63, 3.8) is 0 Å². The van der Waals surface area contributed by atoms with Crippen molar-refractivity contribution in [2.75, 3.05) is 7.11 Å². The molecule has 0 saturated heterocycles. The molecule has 0 aliphatic rings. The lowest BCUT2D eigenvalue weighted by Crippen LogP contribution is -1.96. The number of benzene rings is 1. The first-order valence-electron chi connectivity index (χ1n) is 5.42. The molecule has 0 aliphatic heterocycles. The molecule has 3 nitrogen and oxygen atoms in total. The van der Waals surface area contributed by atoms with Crippen molar-refractivity contribution >= 4 is 38.4 Å². The molecule has 2 aromatic rings. The zero-order chi connectivity index (χ0) is 13.1. The third-order valence-corrected chi connectivity index (χ3v) is 3.13. The van der Waals surface area contributed by atoms with Crippen LogP contribution in [0.2, 0.25) is 0 Å². The van der Waals surface area contributed by atoms with Gasteiger partial charge in [0.05, 0.1) is 12.6 Å². The number of methoxy groups -OCH3 is 1. The highest BCUT2D eigenvalue weighted by atomic mass is 79.9. The molecule has 4 heteroatoms. The summed E-state index contributed by atoms with van der Waals surface area (Å²) >= 11 is 3.43. The van der Waals surface area contributed by atoms with Crippen LogP contribution in [0.3, 0.4) is 0 Å². The fourth-order valence-electron chi connectivity index (χ4n) is 1.64.